The number of carboxylic acid groups (broad SMARTS) is 1. The van der Waals surface area contributed by atoms with Crippen molar-refractivity contribution in [1.82, 2.24) is 15.5 Å². The number of aliphatic carboxylic acids is 1. The average Bonchev–Trinajstić information content (AvgIpc) is 3.00. The lowest BCUT2D eigenvalue weighted by molar-refractivity contribution is -0.136. The molecule has 2 aromatic rings. The quantitative estimate of drug-likeness (QED) is 0.617. The molecule has 26 heavy (non-hydrogen) atoms. The molecular weight excluding hydrogens is 340 g/mol. The molecule has 1 aromatic heterocycles. The zero-order chi connectivity index (χ0) is 18.9. The van der Waals surface area contributed by atoms with Crippen LogP contribution in [0.25, 0.3) is 0 Å². The van der Waals surface area contributed by atoms with Gasteiger partial charge in [0, 0.05) is 30.6 Å². The lowest BCUT2D eigenvalue weighted by Crippen LogP contribution is -2.25. The molecule has 1 aromatic carbocycles. The predicted molar refractivity (Wildman–Crippen MR) is 91.6 cm³/mol. The Labute approximate surface area is 149 Å². The second-order valence-corrected chi connectivity index (χ2v) is 5.61. The second kappa shape index (κ2) is 9.30. The molecule has 0 unspecified atom stereocenters. The molecule has 9 heteroatoms. The van der Waals surface area contributed by atoms with Gasteiger partial charge in [0.05, 0.1) is 6.42 Å². The zero-order valence-electron chi connectivity index (χ0n) is 14.3. The Bertz CT molecular complexity index is 770. The van der Waals surface area contributed by atoms with E-state index in [9.17, 15) is 14.4 Å². The molecule has 0 fully saturated rings. The number of amides is 2. The first kappa shape index (κ1) is 19.1. The number of carbonyl (C=O) groups is 3. The van der Waals surface area contributed by atoms with Gasteiger partial charge < -0.3 is 20.3 Å². The van der Waals surface area contributed by atoms with Crippen LogP contribution in [0, 0.1) is 6.92 Å². The summed E-state index contributed by atoms with van der Waals surface area (Å²) < 4.78 is 4.98. The maximum atomic E-state index is 11.9. The molecule has 3 N–H and O–H groups in total. The monoisotopic (exact) mass is 360 g/mol. The fourth-order valence-electron chi connectivity index (χ4n) is 2.16. The lowest BCUT2D eigenvalue weighted by Gasteiger charge is -2.07. The Kier molecular flexibility index (Phi) is 6.84. The SMILES string of the molecule is Cc1noc(CCCC(=O)Nc2ccc(C(=O)NCCC(=O)O)cc2)n1. The Morgan fingerprint density at radius 2 is 1.88 bits per heavy atom. The van der Waals surface area contributed by atoms with Crippen LogP contribution >= 0.6 is 0 Å². The normalized spacial score (nSPS) is 10.3. The third kappa shape index (κ3) is 6.34. The first-order chi connectivity index (χ1) is 12.4. The highest BCUT2D eigenvalue weighted by Gasteiger charge is 2.08. The molecule has 2 rings (SSSR count). The molecule has 0 aliphatic rings. The van der Waals surface area contributed by atoms with Crippen LogP contribution in [0.15, 0.2) is 28.8 Å². The van der Waals surface area contributed by atoms with Gasteiger partial charge in [0.25, 0.3) is 5.91 Å². The van der Waals surface area contributed by atoms with Gasteiger partial charge >= 0.3 is 5.97 Å². The molecule has 0 radical (unpaired) electrons. The van der Waals surface area contributed by atoms with E-state index in [-0.39, 0.29) is 24.8 Å². The minimum Gasteiger partial charge on any atom is -0.481 e. The van der Waals surface area contributed by atoms with Crippen molar-refractivity contribution in [3.8, 4) is 0 Å². The lowest BCUT2D eigenvalue weighted by atomic mass is 10.2. The Morgan fingerprint density at radius 1 is 1.15 bits per heavy atom. The number of rotatable bonds is 9. The minimum atomic E-state index is -0.974. The maximum Gasteiger partial charge on any atom is 0.305 e. The first-order valence-corrected chi connectivity index (χ1v) is 8.13. The first-order valence-electron chi connectivity index (χ1n) is 8.13. The van der Waals surface area contributed by atoms with Crippen LogP contribution in [0.3, 0.4) is 0 Å². The molecule has 138 valence electrons. The number of hydrogen-bond donors (Lipinski definition) is 3. The Morgan fingerprint density at radius 3 is 2.50 bits per heavy atom. The number of nitrogens with one attached hydrogen (secondary N) is 2. The summed E-state index contributed by atoms with van der Waals surface area (Å²) in [6.07, 6.45) is 1.28. The van der Waals surface area contributed by atoms with Crippen LogP contribution in [0.1, 0.15) is 41.3 Å². The summed E-state index contributed by atoms with van der Waals surface area (Å²) >= 11 is 0. The van der Waals surface area contributed by atoms with Gasteiger partial charge in [-0.15, -0.1) is 0 Å². The van der Waals surface area contributed by atoms with Crippen molar-refractivity contribution >= 4 is 23.5 Å². The summed E-state index contributed by atoms with van der Waals surface area (Å²) in [4.78, 5) is 38.2. The standard InChI is InChI=1S/C17H20N4O5/c1-11-19-15(26-21-11)4-2-3-14(22)20-13-7-5-12(6-8-13)17(25)18-10-9-16(23)24/h5-8H,2-4,9-10H2,1H3,(H,18,25)(H,20,22)(H,23,24). The maximum absolute atomic E-state index is 11.9. The van der Waals surface area contributed by atoms with Gasteiger partial charge in [0.1, 0.15) is 0 Å². The van der Waals surface area contributed by atoms with Gasteiger partial charge in [0.2, 0.25) is 11.8 Å². The van der Waals surface area contributed by atoms with E-state index < -0.39 is 5.97 Å². The van der Waals surface area contributed by atoms with E-state index >= 15 is 0 Å². The smallest absolute Gasteiger partial charge is 0.305 e. The van der Waals surface area contributed by atoms with E-state index in [1.54, 1.807) is 31.2 Å². The molecule has 0 bridgehead atoms. The summed E-state index contributed by atoms with van der Waals surface area (Å²) in [6.45, 7) is 1.79. The van der Waals surface area contributed by atoms with E-state index in [1.165, 1.54) is 0 Å². The highest BCUT2D eigenvalue weighted by molar-refractivity contribution is 5.95. The van der Waals surface area contributed by atoms with Crippen LogP contribution in [-0.2, 0) is 16.0 Å². The minimum absolute atomic E-state index is 0.0617. The van der Waals surface area contributed by atoms with Crippen LogP contribution in [-0.4, -0.2) is 39.6 Å². The van der Waals surface area contributed by atoms with Gasteiger partial charge in [-0.3, -0.25) is 14.4 Å². The summed E-state index contributed by atoms with van der Waals surface area (Å²) in [5, 5.41) is 17.5. The van der Waals surface area contributed by atoms with Crippen LogP contribution < -0.4 is 10.6 Å². The predicted octanol–water partition coefficient (Wildman–Crippen LogP) is 1.54. The number of anilines is 1. The van der Waals surface area contributed by atoms with E-state index in [4.69, 9.17) is 9.63 Å². The van der Waals surface area contributed by atoms with Gasteiger partial charge in [-0.1, -0.05) is 5.16 Å². The van der Waals surface area contributed by atoms with Crippen molar-refractivity contribution in [3.05, 3.63) is 41.5 Å². The zero-order valence-corrected chi connectivity index (χ0v) is 14.3. The molecule has 0 saturated heterocycles. The van der Waals surface area contributed by atoms with E-state index in [1.807, 2.05) is 0 Å². The molecule has 9 nitrogen and oxygen atoms in total. The third-order valence-corrected chi connectivity index (χ3v) is 3.42. The fourth-order valence-corrected chi connectivity index (χ4v) is 2.16. The number of hydrogen-bond acceptors (Lipinski definition) is 6. The number of benzene rings is 1. The summed E-state index contributed by atoms with van der Waals surface area (Å²) in [7, 11) is 0. The largest absolute Gasteiger partial charge is 0.481 e. The van der Waals surface area contributed by atoms with E-state index in [0.29, 0.717) is 42.2 Å². The van der Waals surface area contributed by atoms with Crippen molar-refractivity contribution in [3.63, 3.8) is 0 Å². The summed E-state index contributed by atoms with van der Waals surface area (Å²) in [5.41, 5.74) is 0.964. The van der Waals surface area contributed by atoms with Crippen LogP contribution in [0.4, 0.5) is 5.69 Å². The number of carbonyl (C=O) groups excluding carboxylic acids is 2. The van der Waals surface area contributed by atoms with Crippen molar-refractivity contribution in [2.45, 2.75) is 32.6 Å². The van der Waals surface area contributed by atoms with Gasteiger partial charge in [-0.2, -0.15) is 4.98 Å². The fraction of sp³-hybridized carbons (Fsp3) is 0.353. The molecule has 0 saturated carbocycles. The van der Waals surface area contributed by atoms with Crippen molar-refractivity contribution < 1.29 is 24.0 Å². The molecule has 0 aliphatic heterocycles. The highest BCUT2D eigenvalue weighted by Crippen LogP contribution is 2.11. The second-order valence-electron chi connectivity index (χ2n) is 5.61. The number of aryl methyl sites for hydroxylation is 2. The summed E-state index contributed by atoms with van der Waals surface area (Å²) in [6, 6.07) is 6.36. The number of nitrogens with zero attached hydrogens (tertiary/aromatic N) is 2. The Balaban J connectivity index is 1.74. The molecular formula is C17H20N4O5. The Hall–Kier alpha value is -3.23. The van der Waals surface area contributed by atoms with Gasteiger partial charge in [0.15, 0.2) is 5.82 Å². The summed E-state index contributed by atoms with van der Waals surface area (Å²) in [5.74, 6) is -0.415. The van der Waals surface area contributed by atoms with Gasteiger partial charge in [-0.25, -0.2) is 0 Å². The van der Waals surface area contributed by atoms with E-state index in [2.05, 4.69) is 20.8 Å². The molecule has 2 amide bonds. The average molecular weight is 360 g/mol. The van der Waals surface area contributed by atoms with Crippen LogP contribution in [0.2, 0.25) is 0 Å². The molecule has 0 atom stereocenters. The molecule has 0 spiro atoms. The van der Waals surface area contributed by atoms with Crippen LogP contribution in [0.5, 0.6) is 0 Å². The van der Waals surface area contributed by atoms with Crippen molar-refractivity contribution in [2.75, 3.05) is 11.9 Å². The van der Waals surface area contributed by atoms with Gasteiger partial charge in [-0.05, 0) is 37.6 Å². The molecule has 0 aliphatic carbocycles. The third-order valence-electron chi connectivity index (χ3n) is 3.42. The van der Waals surface area contributed by atoms with E-state index in [0.717, 1.165) is 0 Å². The highest BCUT2D eigenvalue weighted by atomic mass is 16.5. The molecule has 1 heterocycles. The van der Waals surface area contributed by atoms with Crippen molar-refractivity contribution in [1.29, 1.82) is 0 Å². The number of aromatic nitrogens is 2. The topological polar surface area (TPSA) is 134 Å². The number of carboxylic acids is 1. The van der Waals surface area contributed by atoms with Crippen molar-refractivity contribution in [2.24, 2.45) is 0 Å².